The number of nitrogens with one attached hydrogen (secondary N) is 1. The maximum Gasteiger partial charge on any atom is 0.238 e. The summed E-state index contributed by atoms with van der Waals surface area (Å²) in [5.74, 6) is 0. The summed E-state index contributed by atoms with van der Waals surface area (Å²) in [6.07, 6.45) is 0. The fraction of sp³-hybridized carbons (Fsp3) is 0.182. The van der Waals surface area contributed by atoms with Crippen LogP contribution in [0.1, 0.15) is 11.3 Å². The molecule has 0 unspecified atom stereocenters. The van der Waals surface area contributed by atoms with Crippen molar-refractivity contribution in [3.8, 4) is 0 Å². The molecular formula is C11H14N4O2S2. The Balaban J connectivity index is 2.33. The Morgan fingerprint density at radius 2 is 2.16 bits per heavy atom. The van der Waals surface area contributed by atoms with Crippen LogP contribution in [-0.4, -0.2) is 13.4 Å². The largest absolute Gasteiger partial charge is 0.399 e. The summed E-state index contributed by atoms with van der Waals surface area (Å²) in [7, 11) is -3.78. The lowest BCUT2D eigenvalue weighted by Crippen LogP contribution is -2.15. The second-order valence-electron chi connectivity index (χ2n) is 4.07. The highest BCUT2D eigenvalue weighted by Gasteiger charge is 2.15. The van der Waals surface area contributed by atoms with Crippen molar-refractivity contribution >= 4 is 32.7 Å². The Morgan fingerprint density at radius 3 is 2.74 bits per heavy atom. The van der Waals surface area contributed by atoms with Crippen LogP contribution < -0.4 is 16.2 Å². The molecule has 2 aromatic rings. The first kappa shape index (κ1) is 13.8. The van der Waals surface area contributed by atoms with Crippen molar-refractivity contribution in [1.82, 2.24) is 4.98 Å². The average Bonchev–Trinajstić information content (AvgIpc) is 2.81. The van der Waals surface area contributed by atoms with Gasteiger partial charge in [0.1, 0.15) is 0 Å². The van der Waals surface area contributed by atoms with Crippen molar-refractivity contribution in [1.29, 1.82) is 0 Å². The molecule has 0 saturated heterocycles. The molecule has 1 aromatic heterocycles. The van der Waals surface area contributed by atoms with Gasteiger partial charge in [-0.25, -0.2) is 18.5 Å². The molecule has 102 valence electrons. The normalized spacial score (nSPS) is 11.5. The molecule has 0 amide bonds. The quantitative estimate of drug-likeness (QED) is 0.737. The number of sulfonamides is 1. The van der Waals surface area contributed by atoms with Crippen molar-refractivity contribution in [2.45, 2.75) is 18.4 Å². The maximum absolute atomic E-state index is 11.5. The van der Waals surface area contributed by atoms with Crippen LogP contribution in [0.3, 0.4) is 0 Å². The number of hydrogen-bond acceptors (Lipinski definition) is 6. The number of rotatable bonds is 4. The fourth-order valence-corrected chi connectivity index (χ4v) is 3.09. The van der Waals surface area contributed by atoms with E-state index in [9.17, 15) is 8.42 Å². The minimum Gasteiger partial charge on any atom is -0.399 e. The SMILES string of the molecule is Cc1c(NCc2cscn2)cc(N)cc1S(N)(=O)=O. The van der Waals surface area contributed by atoms with Crippen LogP contribution >= 0.6 is 11.3 Å². The summed E-state index contributed by atoms with van der Waals surface area (Å²) in [4.78, 5) is 4.17. The second kappa shape index (κ2) is 5.16. The summed E-state index contributed by atoms with van der Waals surface area (Å²) in [6, 6.07) is 3.04. The van der Waals surface area contributed by atoms with Crippen molar-refractivity contribution in [3.05, 3.63) is 34.3 Å². The molecule has 0 radical (unpaired) electrons. The first-order chi connectivity index (χ1) is 8.88. The Labute approximate surface area is 115 Å². The number of nitrogens with zero attached hydrogens (tertiary/aromatic N) is 1. The number of hydrogen-bond donors (Lipinski definition) is 3. The van der Waals surface area contributed by atoms with E-state index in [2.05, 4.69) is 10.3 Å². The highest BCUT2D eigenvalue weighted by atomic mass is 32.2. The van der Waals surface area contributed by atoms with E-state index in [4.69, 9.17) is 10.9 Å². The van der Waals surface area contributed by atoms with Gasteiger partial charge in [0.15, 0.2) is 0 Å². The van der Waals surface area contributed by atoms with Gasteiger partial charge in [-0.2, -0.15) is 0 Å². The Kier molecular flexibility index (Phi) is 3.74. The molecule has 0 fully saturated rings. The summed E-state index contributed by atoms with van der Waals surface area (Å²) < 4.78 is 22.9. The third-order valence-electron chi connectivity index (χ3n) is 2.63. The van der Waals surface area contributed by atoms with Crippen LogP contribution in [0, 0.1) is 6.92 Å². The number of benzene rings is 1. The van der Waals surface area contributed by atoms with Crippen molar-refractivity contribution in [3.63, 3.8) is 0 Å². The van der Waals surface area contributed by atoms with E-state index in [0.29, 0.717) is 23.5 Å². The zero-order chi connectivity index (χ0) is 14.0. The lowest BCUT2D eigenvalue weighted by Gasteiger charge is -2.13. The molecular weight excluding hydrogens is 284 g/mol. The van der Waals surface area contributed by atoms with Crippen molar-refractivity contribution in [2.24, 2.45) is 5.14 Å². The van der Waals surface area contributed by atoms with Gasteiger partial charge in [-0.1, -0.05) is 0 Å². The van der Waals surface area contributed by atoms with E-state index < -0.39 is 10.0 Å². The van der Waals surface area contributed by atoms with Crippen molar-refractivity contribution < 1.29 is 8.42 Å². The Morgan fingerprint density at radius 1 is 1.42 bits per heavy atom. The van der Waals surface area contributed by atoms with E-state index in [1.807, 2.05) is 5.38 Å². The lowest BCUT2D eigenvalue weighted by atomic mass is 10.2. The molecule has 0 saturated carbocycles. The number of anilines is 2. The molecule has 0 aliphatic rings. The molecule has 6 nitrogen and oxygen atoms in total. The topological polar surface area (TPSA) is 111 Å². The molecule has 0 spiro atoms. The van der Waals surface area contributed by atoms with E-state index >= 15 is 0 Å². The Hall–Kier alpha value is -1.64. The maximum atomic E-state index is 11.5. The third-order valence-corrected chi connectivity index (χ3v) is 4.30. The zero-order valence-corrected chi connectivity index (χ0v) is 11.9. The standard InChI is InChI=1S/C11H14N4O2S2/c1-7-10(14-4-9-5-18-6-15-9)2-8(12)3-11(7)19(13,16)17/h2-3,5-6,14H,4,12H2,1H3,(H2,13,16,17). The molecule has 5 N–H and O–H groups in total. The molecule has 0 aliphatic heterocycles. The number of thiazole rings is 1. The highest BCUT2D eigenvalue weighted by molar-refractivity contribution is 7.89. The Bertz CT molecular complexity index is 681. The molecule has 8 heteroatoms. The fourth-order valence-electron chi connectivity index (χ4n) is 1.70. The van der Waals surface area contributed by atoms with Gasteiger partial charge >= 0.3 is 0 Å². The summed E-state index contributed by atoms with van der Waals surface area (Å²) in [6.45, 7) is 2.18. The molecule has 0 bridgehead atoms. The number of primary sulfonamides is 1. The first-order valence-electron chi connectivity index (χ1n) is 5.42. The van der Waals surface area contributed by atoms with Gasteiger partial charge in [0, 0.05) is 16.8 Å². The molecule has 0 atom stereocenters. The van der Waals surface area contributed by atoms with Crippen LogP contribution in [0.25, 0.3) is 0 Å². The van der Waals surface area contributed by atoms with Crippen LogP contribution in [0.15, 0.2) is 27.9 Å². The van der Waals surface area contributed by atoms with Gasteiger partial charge in [0.2, 0.25) is 10.0 Å². The monoisotopic (exact) mass is 298 g/mol. The minimum atomic E-state index is -3.78. The van der Waals surface area contributed by atoms with Gasteiger partial charge in [0.25, 0.3) is 0 Å². The smallest absolute Gasteiger partial charge is 0.238 e. The molecule has 0 aliphatic carbocycles. The second-order valence-corrected chi connectivity index (χ2v) is 6.32. The zero-order valence-electron chi connectivity index (χ0n) is 10.3. The number of nitrogens with two attached hydrogens (primary N) is 2. The molecule has 2 rings (SSSR count). The number of nitrogen functional groups attached to an aromatic ring is 1. The predicted molar refractivity (Wildman–Crippen MR) is 76.4 cm³/mol. The van der Waals surface area contributed by atoms with Gasteiger partial charge in [0.05, 0.1) is 22.6 Å². The van der Waals surface area contributed by atoms with E-state index in [1.54, 1.807) is 18.5 Å². The van der Waals surface area contributed by atoms with E-state index in [1.165, 1.54) is 17.4 Å². The van der Waals surface area contributed by atoms with Gasteiger partial charge in [-0.15, -0.1) is 11.3 Å². The summed E-state index contributed by atoms with van der Waals surface area (Å²) in [5.41, 5.74) is 9.84. The predicted octanol–water partition coefficient (Wildman–Crippen LogP) is 1.29. The molecule has 1 heterocycles. The third kappa shape index (κ3) is 3.22. The van der Waals surface area contributed by atoms with Crippen LogP contribution in [0.2, 0.25) is 0 Å². The van der Waals surface area contributed by atoms with E-state index in [-0.39, 0.29) is 4.90 Å². The van der Waals surface area contributed by atoms with Crippen LogP contribution in [-0.2, 0) is 16.6 Å². The summed E-state index contributed by atoms with van der Waals surface area (Å²) in [5, 5.41) is 10.2. The summed E-state index contributed by atoms with van der Waals surface area (Å²) >= 11 is 1.50. The van der Waals surface area contributed by atoms with Gasteiger partial charge in [-0.3, -0.25) is 0 Å². The van der Waals surface area contributed by atoms with Gasteiger partial charge in [-0.05, 0) is 24.6 Å². The van der Waals surface area contributed by atoms with Crippen LogP contribution in [0.4, 0.5) is 11.4 Å². The van der Waals surface area contributed by atoms with Crippen molar-refractivity contribution in [2.75, 3.05) is 11.1 Å². The first-order valence-corrected chi connectivity index (χ1v) is 7.90. The number of aromatic nitrogens is 1. The minimum absolute atomic E-state index is 0.0354. The average molecular weight is 298 g/mol. The van der Waals surface area contributed by atoms with Gasteiger partial charge < -0.3 is 11.1 Å². The molecule has 1 aromatic carbocycles. The van der Waals surface area contributed by atoms with Crippen LogP contribution in [0.5, 0.6) is 0 Å². The van der Waals surface area contributed by atoms with E-state index in [0.717, 1.165) is 5.69 Å². The lowest BCUT2D eigenvalue weighted by molar-refractivity contribution is 0.597. The molecule has 19 heavy (non-hydrogen) atoms. The highest BCUT2D eigenvalue weighted by Crippen LogP contribution is 2.26.